The summed E-state index contributed by atoms with van der Waals surface area (Å²) in [6.07, 6.45) is 4.38. The first-order valence-electron chi connectivity index (χ1n) is 7.40. The van der Waals surface area contributed by atoms with Gasteiger partial charge in [-0.3, -0.25) is 4.79 Å². The highest BCUT2D eigenvalue weighted by Crippen LogP contribution is 2.43. The molecule has 1 N–H and O–H groups in total. The van der Waals surface area contributed by atoms with Crippen LogP contribution in [0.5, 0.6) is 0 Å². The van der Waals surface area contributed by atoms with Gasteiger partial charge in [-0.05, 0) is 19.3 Å². The summed E-state index contributed by atoms with van der Waals surface area (Å²) in [6.45, 7) is 1.02. The average Bonchev–Trinajstić information content (AvgIpc) is 2.95. The number of aromatic nitrogens is 4. The fraction of sp³-hybridized carbons (Fsp3) is 0.571. The van der Waals surface area contributed by atoms with E-state index in [1.165, 1.54) is 11.1 Å². The molecule has 0 spiro atoms. The minimum atomic E-state index is -0.961. The zero-order valence-corrected chi connectivity index (χ0v) is 11.9. The topological polar surface area (TPSA) is 103 Å². The SMILES string of the molecule is O=C(O)Cn1nc([C@H]2CCOC2)nc1-c1ncoc1C1CC1. The van der Waals surface area contributed by atoms with E-state index in [0.29, 0.717) is 36.5 Å². The molecule has 0 aromatic carbocycles. The summed E-state index contributed by atoms with van der Waals surface area (Å²) in [5, 5.41) is 13.5. The molecule has 2 aliphatic rings. The summed E-state index contributed by atoms with van der Waals surface area (Å²) in [7, 11) is 0. The number of hydrogen-bond donors (Lipinski definition) is 1. The molecule has 2 aromatic heterocycles. The highest BCUT2D eigenvalue weighted by atomic mass is 16.5. The van der Waals surface area contributed by atoms with Crippen LogP contribution >= 0.6 is 0 Å². The van der Waals surface area contributed by atoms with Gasteiger partial charge < -0.3 is 14.3 Å². The fourth-order valence-corrected chi connectivity index (χ4v) is 2.74. The molecule has 4 rings (SSSR count). The van der Waals surface area contributed by atoms with Crippen LogP contribution in [0.2, 0.25) is 0 Å². The van der Waals surface area contributed by atoms with E-state index in [2.05, 4.69) is 15.1 Å². The molecule has 0 radical (unpaired) electrons. The second kappa shape index (κ2) is 5.20. The molecule has 3 heterocycles. The largest absolute Gasteiger partial charge is 0.480 e. The Bertz CT molecular complexity index is 698. The van der Waals surface area contributed by atoms with Crippen LogP contribution < -0.4 is 0 Å². The van der Waals surface area contributed by atoms with Crippen molar-refractivity contribution in [1.29, 1.82) is 0 Å². The first-order valence-corrected chi connectivity index (χ1v) is 7.40. The Labute approximate surface area is 126 Å². The summed E-state index contributed by atoms with van der Waals surface area (Å²) in [5.74, 6) is 1.40. The summed E-state index contributed by atoms with van der Waals surface area (Å²) in [6, 6.07) is 0. The lowest BCUT2D eigenvalue weighted by Gasteiger charge is -2.01. The van der Waals surface area contributed by atoms with Crippen LogP contribution in [0.3, 0.4) is 0 Å². The summed E-state index contributed by atoms with van der Waals surface area (Å²) in [5.41, 5.74) is 0.612. The normalized spacial score (nSPS) is 21.4. The van der Waals surface area contributed by atoms with E-state index in [1.54, 1.807) is 0 Å². The molecule has 8 heteroatoms. The quantitative estimate of drug-likeness (QED) is 0.890. The third-order valence-corrected chi connectivity index (χ3v) is 4.02. The van der Waals surface area contributed by atoms with E-state index in [1.807, 2.05) is 0 Å². The highest BCUT2D eigenvalue weighted by molar-refractivity contribution is 5.67. The van der Waals surface area contributed by atoms with Crippen molar-refractivity contribution >= 4 is 5.97 Å². The number of oxazole rings is 1. The third-order valence-electron chi connectivity index (χ3n) is 4.02. The van der Waals surface area contributed by atoms with Gasteiger partial charge in [0, 0.05) is 18.4 Å². The molecule has 0 unspecified atom stereocenters. The first-order chi connectivity index (χ1) is 10.7. The number of aliphatic carboxylic acids is 1. The number of carboxylic acids is 1. The molecule has 1 saturated heterocycles. The van der Waals surface area contributed by atoms with Gasteiger partial charge in [-0.2, -0.15) is 5.10 Å². The fourth-order valence-electron chi connectivity index (χ4n) is 2.74. The zero-order valence-electron chi connectivity index (χ0n) is 11.9. The van der Waals surface area contributed by atoms with E-state index < -0.39 is 5.97 Å². The molecule has 2 aromatic rings. The van der Waals surface area contributed by atoms with Gasteiger partial charge in [0.25, 0.3) is 0 Å². The van der Waals surface area contributed by atoms with Gasteiger partial charge in [0.05, 0.1) is 6.61 Å². The van der Waals surface area contributed by atoms with Crippen molar-refractivity contribution in [2.45, 2.75) is 37.6 Å². The Morgan fingerprint density at radius 1 is 1.36 bits per heavy atom. The number of rotatable bonds is 5. The van der Waals surface area contributed by atoms with Gasteiger partial charge in [0.1, 0.15) is 18.0 Å². The second-order valence-corrected chi connectivity index (χ2v) is 5.75. The van der Waals surface area contributed by atoms with Crippen molar-refractivity contribution in [3.63, 3.8) is 0 Å². The van der Waals surface area contributed by atoms with Gasteiger partial charge in [-0.25, -0.2) is 14.6 Å². The smallest absolute Gasteiger partial charge is 0.325 e. The van der Waals surface area contributed by atoms with Crippen molar-refractivity contribution in [2.75, 3.05) is 13.2 Å². The van der Waals surface area contributed by atoms with Crippen LogP contribution in [-0.4, -0.2) is 44.0 Å². The predicted octanol–water partition coefficient (Wildman–Crippen LogP) is 1.40. The van der Waals surface area contributed by atoms with E-state index in [0.717, 1.165) is 25.0 Å². The molecule has 0 amide bonds. The summed E-state index contributed by atoms with van der Waals surface area (Å²) < 4.78 is 12.2. The van der Waals surface area contributed by atoms with Gasteiger partial charge in [-0.15, -0.1) is 0 Å². The summed E-state index contributed by atoms with van der Waals surface area (Å²) in [4.78, 5) is 19.9. The van der Waals surface area contributed by atoms with Gasteiger partial charge in [0.2, 0.25) is 0 Å². The first kappa shape index (κ1) is 13.4. The molecule has 2 fully saturated rings. The van der Waals surface area contributed by atoms with Crippen LogP contribution in [0.25, 0.3) is 11.5 Å². The molecule has 1 atom stereocenters. The monoisotopic (exact) mass is 304 g/mol. The molecule has 1 aliphatic carbocycles. The number of carbonyl (C=O) groups is 1. The number of carboxylic acid groups (broad SMARTS) is 1. The van der Waals surface area contributed by atoms with Gasteiger partial charge in [-0.1, -0.05) is 0 Å². The lowest BCUT2D eigenvalue weighted by molar-refractivity contribution is -0.137. The van der Waals surface area contributed by atoms with Crippen LogP contribution in [0.1, 0.15) is 42.7 Å². The molecule has 1 aliphatic heterocycles. The van der Waals surface area contributed by atoms with Gasteiger partial charge in [0.15, 0.2) is 18.0 Å². The highest BCUT2D eigenvalue weighted by Gasteiger charge is 2.33. The molecule has 22 heavy (non-hydrogen) atoms. The molecule has 1 saturated carbocycles. The maximum Gasteiger partial charge on any atom is 0.325 e. The lowest BCUT2D eigenvalue weighted by atomic mass is 10.1. The molecule has 0 bridgehead atoms. The Hall–Kier alpha value is -2.22. The summed E-state index contributed by atoms with van der Waals surface area (Å²) >= 11 is 0. The minimum Gasteiger partial charge on any atom is -0.480 e. The lowest BCUT2D eigenvalue weighted by Crippen LogP contribution is -2.12. The number of hydrogen-bond acceptors (Lipinski definition) is 6. The van der Waals surface area contributed by atoms with E-state index in [4.69, 9.17) is 14.3 Å². The van der Waals surface area contributed by atoms with Crippen molar-refractivity contribution in [1.82, 2.24) is 19.7 Å². The van der Waals surface area contributed by atoms with Crippen molar-refractivity contribution in [2.24, 2.45) is 0 Å². The van der Waals surface area contributed by atoms with Crippen LogP contribution in [-0.2, 0) is 16.1 Å². The third kappa shape index (κ3) is 2.39. The molecule has 116 valence electrons. The average molecular weight is 304 g/mol. The maximum absolute atomic E-state index is 11.1. The molecular weight excluding hydrogens is 288 g/mol. The molecule has 8 nitrogen and oxygen atoms in total. The number of nitrogens with zero attached hydrogens (tertiary/aromatic N) is 4. The van der Waals surface area contributed by atoms with Crippen molar-refractivity contribution in [3.05, 3.63) is 18.0 Å². The van der Waals surface area contributed by atoms with Crippen LogP contribution in [0.4, 0.5) is 0 Å². The standard InChI is InChI=1S/C14H16N4O4/c19-10(20)5-18-14(11-12(8-1-2-8)22-7-15-11)16-13(17-18)9-3-4-21-6-9/h7-9H,1-6H2,(H,19,20)/t9-/m0/s1. The van der Waals surface area contributed by atoms with E-state index >= 15 is 0 Å². The maximum atomic E-state index is 11.1. The van der Waals surface area contributed by atoms with E-state index in [-0.39, 0.29) is 12.5 Å². The van der Waals surface area contributed by atoms with Crippen LogP contribution in [0, 0.1) is 0 Å². The Morgan fingerprint density at radius 3 is 2.91 bits per heavy atom. The van der Waals surface area contributed by atoms with E-state index in [9.17, 15) is 4.79 Å². The van der Waals surface area contributed by atoms with Crippen molar-refractivity contribution in [3.8, 4) is 11.5 Å². The number of ether oxygens (including phenoxy) is 1. The predicted molar refractivity (Wildman–Crippen MR) is 73.3 cm³/mol. The Morgan fingerprint density at radius 2 is 2.23 bits per heavy atom. The van der Waals surface area contributed by atoms with Gasteiger partial charge >= 0.3 is 5.97 Å². The van der Waals surface area contributed by atoms with Crippen molar-refractivity contribution < 1.29 is 19.1 Å². The minimum absolute atomic E-state index is 0.116. The Kier molecular flexibility index (Phi) is 3.18. The Balaban J connectivity index is 1.75. The second-order valence-electron chi connectivity index (χ2n) is 5.75. The molecular formula is C14H16N4O4. The van der Waals surface area contributed by atoms with Crippen LogP contribution in [0.15, 0.2) is 10.8 Å². The zero-order chi connectivity index (χ0) is 15.1.